The number of anilines is 2. The fraction of sp³-hybridized carbons (Fsp3) is 0.412. The lowest BCUT2D eigenvalue weighted by Crippen LogP contribution is -2.42. The number of aromatic nitrogens is 5. The summed E-state index contributed by atoms with van der Waals surface area (Å²) >= 11 is 0. The van der Waals surface area contributed by atoms with Gasteiger partial charge in [0.15, 0.2) is 0 Å². The Morgan fingerprint density at radius 1 is 1.16 bits per heavy atom. The highest BCUT2D eigenvalue weighted by Gasteiger charge is 2.22. The first kappa shape index (κ1) is 15.8. The van der Waals surface area contributed by atoms with Gasteiger partial charge >= 0.3 is 0 Å². The Labute approximate surface area is 145 Å². The van der Waals surface area contributed by atoms with Gasteiger partial charge in [-0.15, -0.1) is 0 Å². The van der Waals surface area contributed by atoms with E-state index in [9.17, 15) is 0 Å². The van der Waals surface area contributed by atoms with Gasteiger partial charge in [-0.25, -0.2) is 15.0 Å². The van der Waals surface area contributed by atoms with Crippen LogP contribution in [0.4, 0.5) is 11.8 Å². The third-order valence-corrected chi connectivity index (χ3v) is 4.80. The largest absolute Gasteiger partial charge is 0.383 e. The third kappa shape index (κ3) is 3.00. The molecule has 25 heavy (non-hydrogen) atoms. The maximum absolute atomic E-state index is 6.23. The van der Waals surface area contributed by atoms with E-state index in [-0.39, 0.29) is 12.1 Å². The van der Waals surface area contributed by atoms with E-state index in [1.807, 2.05) is 13.2 Å². The van der Waals surface area contributed by atoms with Gasteiger partial charge in [-0.2, -0.15) is 5.10 Å². The Morgan fingerprint density at radius 3 is 2.76 bits per heavy atom. The first-order valence-corrected chi connectivity index (χ1v) is 8.54. The fourth-order valence-corrected chi connectivity index (χ4v) is 3.39. The zero-order valence-corrected chi connectivity index (χ0v) is 14.2. The van der Waals surface area contributed by atoms with Crippen molar-refractivity contribution in [2.24, 2.45) is 12.8 Å². The van der Waals surface area contributed by atoms with Crippen LogP contribution in [0, 0.1) is 0 Å². The molecule has 3 heterocycles. The van der Waals surface area contributed by atoms with E-state index in [4.69, 9.17) is 16.5 Å². The number of nitrogens with two attached hydrogens (primary N) is 2. The molecular weight excluding hydrogens is 316 g/mol. The van der Waals surface area contributed by atoms with Crippen LogP contribution in [0.5, 0.6) is 0 Å². The van der Waals surface area contributed by atoms with Gasteiger partial charge in [0.2, 0.25) is 5.95 Å². The molecule has 1 saturated carbocycles. The number of nitrogens with one attached hydrogen (secondary N) is 1. The Bertz CT molecular complexity index is 903. The summed E-state index contributed by atoms with van der Waals surface area (Å²) in [7, 11) is 1.88. The Balaban J connectivity index is 1.75. The van der Waals surface area contributed by atoms with E-state index in [0.717, 1.165) is 34.9 Å². The maximum atomic E-state index is 6.23. The van der Waals surface area contributed by atoms with Crippen molar-refractivity contribution in [3.05, 3.63) is 24.8 Å². The van der Waals surface area contributed by atoms with Gasteiger partial charge in [0.05, 0.1) is 17.1 Å². The van der Waals surface area contributed by atoms with Crippen molar-refractivity contribution in [2.75, 3.05) is 11.1 Å². The van der Waals surface area contributed by atoms with Crippen molar-refractivity contribution >= 4 is 22.7 Å². The first-order chi connectivity index (χ1) is 12.1. The first-order valence-electron chi connectivity index (χ1n) is 8.54. The lowest BCUT2D eigenvalue weighted by Gasteiger charge is -2.29. The number of hydrogen-bond donors (Lipinski definition) is 3. The second kappa shape index (κ2) is 6.29. The van der Waals surface area contributed by atoms with E-state index in [1.165, 1.54) is 12.8 Å². The molecular formula is C17H22N8. The van der Waals surface area contributed by atoms with Gasteiger partial charge in [0.1, 0.15) is 5.82 Å². The van der Waals surface area contributed by atoms with Gasteiger partial charge < -0.3 is 16.8 Å². The molecule has 4 rings (SSSR count). The molecule has 2 atom stereocenters. The quantitative estimate of drug-likeness (QED) is 0.664. The van der Waals surface area contributed by atoms with Crippen molar-refractivity contribution in [2.45, 2.75) is 37.8 Å². The fourth-order valence-electron chi connectivity index (χ4n) is 3.39. The summed E-state index contributed by atoms with van der Waals surface area (Å²) in [5.74, 6) is 0.995. The molecule has 0 amide bonds. The molecule has 1 aliphatic rings. The number of rotatable bonds is 3. The van der Waals surface area contributed by atoms with Crippen molar-refractivity contribution in [1.82, 2.24) is 24.7 Å². The van der Waals surface area contributed by atoms with Crippen LogP contribution in [-0.4, -0.2) is 36.8 Å². The molecule has 8 nitrogen and oxygen atoms in total. The van der Waals surface area contributed by atoms with Gasteiger partial charge in [-0.05, 0) is 12.8 Å². The highest BCUT2D eigenvalue weighted by Crippen LogP contribution is 2.29. The van der Waals surface area contributed by atoms with Crippen molar-refractivity contribution in [3.63, 3.8) is 0 Å². The summed E-state index contributed by atoms with van der Waals surface area (Å²) in [5.41, 5.74) is 14.8. The molecule has 1 aliphatic carbocycles. The second-order valence-electron chi connectivity index (χ2n) is 6.61. The van der Waals surface area contributed by atoms with Crippen LogP contribution in [0.25, 0.3) is 22.0 Å². The van der Waals surface area contributed by atoms with Crippen molar-refractivity contribution in [3.8, 4) is 11.1 Å². The standard InChI is InChI=1S/C17H22N8/c1-25-9-10(6-22-25)11-7-20-16(19)12-8-21-17(24-15(11)12)23-14-5-3-2-4-13(14)18/h6-9,13-14H,2-5,18H2,1H3,(H2,19,20)(H,21,23,24)/t13-,14+/m0/s1. The van der Waals surface area contributed by atoms with E-state index >= 15 is 0 Å². The van der Waals surface area contributed by atoms with E-state index in [1.54, 1.807) is 23.3 Å². The van der Waals surface area contributed by atoms with Crippen LogP contribution in [-0.2, 0) is 7.05 Å². The lowest BCUT2D eigenvalue weighted by molar-refractivity contribution is 0.402. The predicted octanol–water partition coefficient (Wildman–Crippen LogP) is 1.69. The molecule has 8 heteroatoms. The number of hydrogen-bond acceptors (Lipinski definition) is 7. The highest BCUT2D eigenvalue weighted by molar-refractivity contribution is 5.98. The van der Waals surface area contributed by atoms with Gasteiger partial charge in [0.25, 0.3) is 0 Å². The minimum atomic E-state index is 0.133. The smallest absolute Gasteiger partial charge is 0.223 e. The summed E-state index contributed by atoms with van der Waals surface area (Å²) < 4.78 is 1.75. The van der Waals surface area contributed by atoms with Crippen LogP contribution in [0.1, 0.15) is 25.7 Å². The molecule has 0 aromatic carbocycles. The summed E-state index contributed by atoms with van der Waals surface area (Å²) in [6, 6.07) is 0.334. The van der Waals surface area contributed by atoms with E-state index in [0.29, 0.717) is 11.8 Å². The van der Waals surface area contributed by atoms with Gasteiger partial charge in [-0.3, -0.25) is 4.68 Å². The zero-order chi connectivity index (χ0) is 17.4. The Kier molecular flexibility index (Phi) is 3.96. The van der Waals surface area contributed by atoms with Crippen LogP contribution in [0.3, 0.4) is 0 Å². The average Bonchev–Trinajstić information content (AvgIpc) is 3.03. The monoisotopic (exact) mass is 338 g/mol. The van der Waals surface area contributed by atoms with Crippen LogP contribution in [0.2, 0.25) is 0 Å². The van der Waals surface area contributed by atoms with Gasteiger partial charge in [0, 0.05) is 48.8 Å². The molecule has 0 aliphatic heterocycles. The van der Waals surface area contributed by atoms with Crippen LogP contribution >= 0.6 is 0 Å². The molecule has 0 saturated heterocycles. The molecule has 5 N–H and O–H groups in total. The number of aryl methyl sites for hydroxylation is 1. The topological polar surface area (TPSA) is 121 Å². The minimum Gasteiger partial charge on any atom is -0.383 e. The highest BCUT2D eigenvalue weighted by atomic mass is 15.2. The number of nitrogens with zero attached hydrogens (tertiary/aromatic N) is 5. The number of fused-ring (bicyclic) bond motifs is 1. The number of pyridine rings is 1. The molecule has 0 spiro atoms. The normalized spacial score (nSPS) is 20.7. The maximum Gasteiger partial charge on any atom is 0.223 e. The van der Waals surface area contributed by atoms with E-state index < -0.39 is 0 Å². The van der Waals surface area contributed by atoms with Gasteiger partial charge in [-0.1, -0.05) is 12.8 Å². The SMILES string of the molecule is Cn1cc(-c2cnc(N)c3cnc(N[C@@H]4CCCC[C@@H]4N)nc23)cn1. The van der Waals surface area contributed by atoms with E-state index in [2.05, 4.69) is 20.4 Å². The van der Waals surface area contributed by atoms with Crippen molar-refractivity contribution < 1.29 is 0 Å². The Hall–Kier alpha value is -2.74. The zero-order valence-electron chi connectivity index (χ0n) is 14.2. The summed E-state index contributed by atoms with van der Waals surface area (Å²) in [4.78, 5) is 13.4. The summed E-state index contributed by atoms with van der Waals surface area (Å²) in [6.45, 7) is 0. The molecule has 130 valence electrons. The third-order valence-electron chi connectivity index (χ3n) is 4.80. The molecule has 0 radical (unpaired) electrons. The minimum absolute atomic E-state index is 0.133. The summed E-state index contributed by atoms with van der Waals surface area (Å²) in [6.07, 6.45) is 11.6. The van der Waals surface area contributed by atoms with Crippen LogP contribution < -0.4 is 16.8 Å². The molecule has 3 aromatic rings. The average molecular weight is 338 g/mol. The van der Waals surface area contributed by atoms with Crippen molar-refractivity contribution in [1.29, 1.82) is 0 Å². The predicted molar refractivity (Wildman–Crippen MR) is 97.8 cm³/mol. The molecule has 0 unspecified atom stereocenters. The molecule has 1 fully saturated rings. The molecule has 3 aromatic heterocycles. The molecule has 0 bridgehead atoms. The lowest BCUT2D eigenvalue weighted by atomic mass is 9.91. The second-order valence-corrected chi connectivity index (χ2v) is 6.61. The Morgan fingerprint density at radius 2 is 2.00 bits per heavy atom. The summed E-state index contributed by atoms with van der Waals surface area (Å²) in [5, 5.41) is 8.36. The van der Waals surface area contributed by atoms with Crippen LogP contribution in [0.15, 0.2) is 24.8 Å². The number of nitrogen functional groups attached to an aromatic ring is 1.